The molecule has 2 aromatic heterocycles. The molecule has 0 amide bonds. The minimum atomic E-state index is -0.474. The van der Waals surface area contributed by atoms with Crippen molar-refractivity contribution < 1.29 is 4.92 Å². The number of nitrogen functional groups attached to an aromatic ring is 1. The van der Waals surface area contributed by atoms with Crippen molar-refractivity contribution in [2.24, 2.45) is 0 Å². The first kappa shape index (κ1) is 15.1. The molecular weight excluding hydrogens is 306 g/mol. The molecule has 0 unspecified atom stereocenters. The van der Waals surface area contributed by atoms with Gasteiger partial charge in [-0.05, 0) is 35.9 Å². The van der Waals surface area contributed by atoms with Gasteiger partial charge >= 0.3 is 0 Å². The SMILES string of the molecule is N#Cc1c(-c2ccc([N+](=O)[O-])cc2)cc(-c2ccncc2)nc1N. The molecule has 0 fully saturated rings. The molecule has 0 bridgehead atoms. The molecule has 0 aliphatic rings. The van der Waals surface area contributed by atoms with E-state index in [2.05, 4.69) is 9.97 Å². The van der Waals surface area contributed by atoms with Gasteiger partial charge in [0, 0.05) is 35.7 Å². The van der Waals surface area contributed by atoms with Crippen molar-refractivity contribution in [3.05, 3.63) is 70.5 Å². The van der Waals surface area contributed by atoms with Crippen molar-refractivity contribution in [1.82, 2.24) is 9.97 Å². The maximum Gasteiger partial charge on any atom is 0.269 e. The minimum Gasteiger partial charge on any atom is -0.383 e. The van der Waals surface area contributed by atoms with Gasteiger partial charge in [0.05, 0.1) is 10.6 Å². The van der Waals surface area contributed by atoms with Gasteiger partial charge in [0.15, 0.2) is 0 Å². The summed E-state index contributed by atoms with van der Waals surface area (Å²) in [5.74, 6) is 0.111. The third kappa shape index (κ3) is 2.76. The molecule has 1 aromatic carbocycles. The number of hydrogen-bond donors (Lipinski definition) is 1. The van der Waals surface area contributed by atoms with E-state index in [0.29, 0.717) is 16.8 Å². The van der Waals surface area contributed by atoms with Crippen molar-refractivity contribution in [3.63, 3.8) is 0 Å². The maximum atomic E-state index is 10.8. The average Bonchev–Trinajstić information content (AvgIpc) is 2.62. The molecule has 3 rings (SSSR count). The Morgan fingerprint density at radius 2 is 1.75 bits per heavy atom. The molecule has 0 saturated heterocycles. The van der Waals surface area contributed by atoms with Crippen LogP contribution in [0.15, 0.2) is 54.9 Å². The fraction of sp³-hybridized carbons (Fsp3) is 0. The van der Waals surface area contributed by atoms with E-state index >= 15 is 0 Å². The first-order valence-corrected chi connectivity index (χ1v) is 6.96. The summed E-state index contributed by atoms with van der Waals surface area (Å²) >= 11 is 0. The predicted molar refractivity (Wildman–Crippen MR) is 88.7 cm³/mol. The second kappa shape index (κ2) is 6.14. The zero-order chi connectivity index (χ0) is 17.1. The number of anilines is 1. The number of non-ortho nitro benzene ring substituents is 1. The van der Waals surface area contributed by atoms with Gasteiger partial charge in [-0.3, -0.25) is 15.1 Å². The van der Waals surface area contributed by atoms with Crippen LogP contribution in [0.3, 0.4) is 0 Å². The first-order chi connectivity index (χ1) is 11.6. The molecule has 0 atom stereocenters. The molecule has 0 radical (unpaired) electrons. The Bertz CT molecular complexity index is 947. The lowest BCUT2D eigenvalue weighted by Crippen LogP contribution is -2.00. The molecule has 0 aliphatic heterocycles. The van der Waals surface area contributed by atoms with Crippen LogP contribution < -0.4 is 5.73 Å². The van der Waals surface area contributed by atoms with Gasteiger partial charge in [-0.25, -0.2) is 4.98 Å². The fourth-order valence-corrected chi connectivity index (χ4v) is 2.34. The van der Waals surface area contributed by atoms with Crippen molar-refractivity contribution in [1.29, 1.82) is 5.26 Å². The van der Waals surface area contributed by atoms with E-state index in [1.54, 1.807) is 42.7 Å². The Kier molecular flexibility index (Phi) is 3.87. The largest absolute Gasteiger partial charge is 0.383 e. The average molecular weight is 317 g/mol. The van der Waals surface area contributed by atoms with Crippen molar-refractivity contribution in [2.45, 2.75) is 0 Å². The highest BCUT2D eigenvalue weighted by Crippen LogP contribution is 2.31. The number of benzene rings is 1. The summed E-state index contributed by atoms with van der Waals surface area (Å²) in [6.07, 6.45) is 3.27. The van der Waals surface area contributed by atoms with E-state index in [4.69, 9.17) is 5.73 Å². The van der Waals surface area contributed by atoms with Crippen LogP contribution in [-0.2, 0) is 0 Å². The lowest BCUT2D eigenvalue weighted by molar-refractivity contribution is -0.384. The van der Waals surface area contributed by atoms with Crippen molar-refractivity contribution in [2.75, 3.05) is 5.73 Å². The topological polar surface area (TPSA) is 119 Å². The van der Waals surface area contributed by atoms with Gasteiger partial charge in [0.2, 0.25) is 0 Å². The maximum absolute atomic E-state index is 10.8. The molecule has 0 spiro atoms. The quantitative estimate of drug-likeness (QED) is 0.585. The van der Waals surface area contributed by atoms with Gasteiger partial charge in [-0.1, -0.05) is 0 Å². The van der Waals surface area contributed by atoms with E-state index in [1.807, 2.05) is 6.07 Å². The molecule has 7 nitrogen and oxygen atoms in total. The Labute approximate surface area is 137 Å². The van der Waals surface area contributed by atoms with Gasteiger partial charge in [0.1, 0.15) is 17.5 Å². The smallest absolute Gasteiger partial charge is 0.269 e. The van der Waals surface area contributed by atoms with E-state index in [0.717, 1.165) is 5.56 Å². The number of nitriles is 1. The van der Waals surface area contributed by atoms with Gasteiger partial charge < -0.3 is 5.73 Å². The molecule has 2 N–H and O–H groups in total. The van der Waals surface area contributed by atoms with Crippen LogP contribution >= 0.6 is 0 Å². The Hall–Kier alpha value is -3.79. The van der Waals surface area contributed by atoms with Crippen LogP contribution in [0, 0.1) is 21.4 Å². The van der Waals surface area contributed by atoms with E-state index in [-0.39, 0.29) is 17.1 Å². The summed E-state index contributed by atoms with van der Waals surface area (Å²) in [7, 11) is 0. The number of aromatic nitrogens is 2. The van der Waals surface area contributed by atoms with E-state index in [9.17, 15) is 15.4 Å². The number of hydrogen-bond acceptors (Lipinski definition) is 6. The number of nitrogens with two attached hydrogens (primary N) is 1. The van der Waals surface area contributed by atoms with Crippen molar-refractivity contribution >= 4 is 11.5 Å². The summed E-state index contributed by atoms with van der Waals surface area (Å²) in [6, 6.07) is 13.3. The standard InChI is InChI=1S/C17H11N5O2/c18-10-15-14(11-1-3-13(4-2-11)22(23)24)9-16(21-17(15)19)12-5-7-20-8-6-12/h1-9H,(H2,19,21). The Balaban J connectivity index is 2.17. The molecule has 0 saturated carbocycles. The highest BCUT2D eigenvalue weighted by molar-refractivity contribution is 5.80. The number of rotatable bonds is 3. The molecule has 7 heteroatoms. The summed E-state index contributed by atoms with van der Waals surface area (Å²) in [6.45, 7) is 0. The molecule has 0 aliphatic carbocycles. The third-order valence-corrected chi connectivity index (χ3v) is 3.52. The van der Waals surface area contributed by atoms with Crippen LogP contribution in [-0.4, -0.2) is 14.9 Å². The van der Waals surface area contributed by atoms with Crippen LogP contribution in [0.1, 0.15) is 5.56 Å². The van der Waals surface area contributed by atoms with Crippen LogP contribution in [0.4, 0.5) is 11.5 Å². The highest BCUT2D eigenvalue weighted by atomic mass is 16.6. The molecule has 2 heterocycles. The summed E-state index contributed by atoms with van der Waals surface area (Å²) in [5, 5.41) is 20.2. The molecule has 116 valence electrons. The van der Waals surface area contributed by atoms with Crippen LogP contribution in [0.2, 0.25) is 0 Å². The fourth-order valence-electron chi connectivity index (χ4n) is 2.34. The second-order valence-electron chi connectivity index (χ2n) is 4.97. The Morgan fingerprint density at radius 1 is 1.08 bits per heavy atom. The predicted octanol–water partition coefficient (Wildman–Crippen LogP) is 3.17. The first-order valence-electron chi connectivity index (χ1n) is 6.96. The normalized spacial score (nSPS) is 10.1. The summed E-state index contributed by atoms with van der Waals surface area (Å²) < 4.78 is 0. The number of nitro benzene ring substituents is 1. The lowest BCUT2D eigenvalue weighted by atomic mass is 9.98. The number of nitrogens with zero attached hydrogens (tertiary/aromatic N) is 4. The number of nitro groups is 1. The zero-order valence-corrected chi connectivity index (χ0v) is 12.4. The van der Waals surface area contributed by atoms with E-state index < -0.39 is 4.92 Å². The van der Waals surface area contributed by atoms with Gasteiger partial charge in [0.25, 0.3) is 5.69 Å². The number of pyridine rings is 2. The highest BCUT2D eigenvalue weighted by Gasteiger charge is 2.14. The summed E-state index contributed by atoms with van der Waals surface area (Å²) in [4.78, 5) is 18.5. The minimum absolute atomic E-state index is 0.0198. The monoisotopic (exact) mass is 317 g/mol. The summed E-state index contributed by atoms with van der Waals surface area (Å²) in [5.41, 5.74) is 8.78. The van der Waals surface area contributed by atoms with Gasteiger partial charge in [-0.15, -0.1) is 0 Å². The Morgan fingerprint density at radius 3 is 2.33 bits per heavy atom. The molecular formula is C17H11N5O2. The third-order valence-electron chi connectivity index (χ3n) is 3.52. The van der Waals surface area contributed by atoms with Crippen LogP contribution in [0.5, 0.6) is 0 Å². The van der Waals surface area contributed by atoms with Crippen molar-refractivity contribution in [3.8, 4) is 28.5 Å². The van der Waals surface area contributed by atoms with Gasteiger partial charge in [-0.2, -0.15) is 5.26 Å². The zero-order valence-electron chi connectivity index (χ0n) is 12.4. The van der Waals surface area contributed by atoms with Crippen LogP contribution in [0.25, 0.3) is 22.4 Å². The molecule has 3 aromatic rings. The molecule has 24 heavy (non-hydrogen) atoms. The lowest BCUT2D eigenvalue weighted by Gasteiger charge is -2.10. The second-order valence-corrected chi connectivity index (χ2v) is 4.97. The van der Waals surface area contributed by atoms with E-state index in [1.165, 1.54) is 12.1 Å².